The van der Waals surface area contributed by atoms with Gasteiger partial charge in [-0.15, -0.1) is 0 Å². The van der Waals surface area contributed by atoms with Gasteiger partial charge in [0.2, 0.25) is 5.78 Å². The van der Waals surface area contributed by atoms with Crippen LogP contribution < -0.4 is 5.11 Å². The van der Waals surface area contributed by atoms with E-state index in [4.69, 9.17) is 11.6 Å². The van der Waals surface area contributed by atoms with Gasteiger partial charge < -0.3 is 5.11 Å². The van der Waals surface area contributed by atoms with Crippen LogP contribution in [0.1, 0.15) is 10.4 Å². The van der Waals surface area contributed by atoms with Crippen molar-refractivity contribution in [3.05, 3.63) is 59.1 Å². The molecule has 2 aromatic rings. The Morgan fingerprint density at radius 2 is 1.78 bits per heavy atom. The molecule has 2 aromatic carbocycles. The summed E-state index contributed by atoms with van der Waals surface area (Å²) in [6.07, 6.45) is 1.14. The van der Waals surface area contributed by atoms with Gasteiger partial charge in [-0.25, -0.2) is 0 Å². The number of rotatable bonds is 3. The lowest BCUT2D eigenvalue weighted by atomic mass is 10.1. The molecule has 90 valence electrons. The maximum absolute atomic E-state index is 11.7. The number of nitrogens with zero attached hydrogens (tertiary/aromatic N) is 1. The Hall–Kier alpha value is -2.13. The first-order chi connectivity index (χ1) is 8.66. The van der Waals surface area contributed by atoms with Gasteiger partial charge in [0, 0.05) is 10.6 Å². The number of para-hydroxylation sites is 2. The van der Waals surface area contributed by atoms with Crippen LogP contribution >= 0.6 is 11.6 Å². The molecule has 0 saturated heterocycles. The fraction of sp³-hybridized carbons (Fsp3) is 0. The maximum atomic E-state index is 11.7. The minimum absolute atomic E-state index is 0.211. The molecule has 0 bridgehead atoms. The molecule has 0 heterocycles. The molecule has 0 aromatic heterocycles. The van der Waals surface area contributed by atoms with Gasteiger partial charge >= 0.3 is 0 Å². The second kappa shape index (κ2) is 5.47. The van der Waals surface area contributed by atoms with E-state index < -0.39 is 0 Å². The highest BCUT2D eigenvalue weighted by atomic mass is 35.5. The number of halogens is 1. The number of carbonyl (C=O) groups excluding carboxylic acids is 1. The normalized spacial score (nSPS) is 10.7. The molecule has 0 fully saturated rings. The highest BCUT2D eigenvalue weighted by molar-refractivity contribution is 6.36. The van der Waals surface area contributed by atoms with Crippen molar-refractivity contribution in [1.82, 2.24) is 0 Å². The van der Waals surface area contributed by atoms with Crippen LogP contribution in [0, 0.1) is 0 Å². The van der Waals surface area contributed by atoms with Crippen LogP contribution in [0.5, 0.6) is 5.75 Å². The van der Waals surface area contributed by atoms with Crippen molar-refractivity contribution in [3.8, 4) is 5.75 Å². The molecule has 0 radical (unpaired) electrons. The summed E-state index contributed by atoms with van der Waals surface area (Å²) < 4.78 is 0. The predicted molar refractivity (Wildman–Crippen MR) is 69.8 cm³/mol. The molecule has 0 aliphatic heterocycles. The second-order valence-electron chi connectivity index (χ2n) is 3.60. The van der Waals surface area contributed by atoms with Gasteiger partial charge in [0.25, 0.3) is 0 Å². The first-order valence-corrected chi connectivity index (χ1v) is 5.64. The molecule has 0 unspecified atom stereocenters. The third-order valence-electron chi connectivity index (χ3n) is 2.31. The van der Waals surface area contributed by atoms with Crippen molar-refractivity contribution in [2.75, 3.05) is 0 Å². The zero-order chi connectivity index (χ0) is 13.0. The van der Waals surface area contributed by atoms with E-state index in [1.165, 1.54) is 6.07 Å². The molecule has 2 rings (SSSR count). The van der Waals surface area contributed by atoms with Crippen molar-refractivity contribution in [1.29, 1.82) is 0 Å². The predicted octanol–water partition coefficient (Wildman–Crippen LogP) is 3.00. The fourth-order valence-electron chi connectivity index (χ4n) is 1.38. The van der Waals surface area contributed by atoms with Crippen LogP contribution in [0.4, 0.5) is 5.69 Å². The lowest BCUT2D eigenvalue weighted by molar-refractivity contribution is -0.267. The first kappa shape index (κ1) is 12.3. The van der Waals surface area contributed by atoms with E-state index in [-0.39, 0.29) is 17.2 Å². The van der Waals surface area contributed by atoms with E-state index in [1.807, 2.05) is 0 Å². The van der Waals surface area contributed by atoms with Gasteiger partial charge in [0.1, 0.15) is 0 Å². The number of hydrogen-bond acceptors (Lipinski definition) is 3. The highest BCUT2D eigenvalue weighted by Crippen LogP contribution is 2.21. The van der Waals surface area contributed by atoms with Crippen molar-refractivity contribution in [2.45, 2.75) is 0 Å². The average molecular weight is 259 g/mol. The zero-order valence-corrected chi connectivity index (χ0v) is 10.1. The molecular weight excluding hydrogens is 250 g/mol. The van der Waals surface area contributed by atoms with E-state index >= 15 is 0 Å². The van der Waals surface area contributed by atoms with Crippen molar-refractivity contribution in [3.63, 3.8) is 0 Å². The molecule has 0 aliphatic carbocycles. The summed E-state index contributed by atoms with van der Waals surface area (Å²) in [5.41, 5.74) is 0.728. The quantitative estimate of drug-likeness (QED) is 0.628. The van der Waals surface area contributed by atoms with Crippen LogP contribution in [0.2, 0.25) is 5.02 Å². The molecule has 0 spiro atoms. The summed E-state index contributed by atoms with van der Waals surface area (Å²) in [6.45, 7) is 0. The van der Waals surface area contributed by atoms with Gasteiger partial charge in [-0.2, -0.15) is 0 Å². The molecule has 3 nitrogen and oxygen atoms in total. The average Bonchev–Trinajstić information content (AvgIpc) is 2.38. The molecule has 0 amide bonds. The van der Waals surface area contributed by atoms with Crippen LogP contribution in [0.3, 0.4) is 0 Å². The molecule has 0 N–H and O–H groups in total. The lowest BCUT2D eigenvalue weighted by Crippen LogP contribution is -1.99. The van der Waals surface area contributed by atoms with Gasteiger partial charge in [0.15, 0.2) is 0 Å². The topological polar surface area (TPSA) is 52.5 Å². The van der Waals surface area contributed by atoms with Crippen LogP contribution in [0.15, 0.2) is 53.5 Å². The third-order valence-corrected chi connectivity index (χ3v) is 2.57. The first-order valence-electron chi connectivity index (χ1n) is 5.27. The number of aliphatic imine (C=N–C) groups is 1. The molecule has 18 heavy (non-hydrogen) atoms. The summed E-state index contributed by atoms with van der Waals surface area (Å²) >= 11 is 5.72. The molecule has 0 saturated carbocycles. The number of carbonyl (C=O) groups is 1. The fourth-order valence-corrected chi connectivity index (χ4v) is 1.51. The standard InChI is InChI=1S/C14H10ClNO2/c15-11-7-5-10(6-8-11)14(18)9-16-12-3-1-2-4-13(12)17/h1-9,17H/p-1. The van der Waals surface area contributed by atoms with Crippen molar-refractivity contribution < 1.29 is 9.90 Å². The minimum Gasteiger partial charge on any atom is -0.871 e. The largest absolute Gasteiger partial charge is 0.871 e. The minimum atomic E-state index is -0.269. The Bertz CT molecular complexity index is 591. The Kier molecular flexibility index (Phi) is 3.75. The van der Waals surface area contributed by atoms with Crippen molar-refractivity contribution in [2.24, 2.45) is 4.99 Å². The van der Waals surface area contributed by atoms with Gasteiger partial charge in [-0.1, -0.05) is 35.5 Å². The van der Waals surface area contributed by atoms with Gasteiger partial charge in [0.05, 0.1) is 11.9 Å². The van der Waals surface area contributed by atoms with E-state index in [0.29, 0.717) is 10.6 Å². The molecule has 0 atom stereocenters. The van der Waals surface area contributed by atoms with E-state index in [1.54, 1.807) is 42.5 Å². The number of ketones is 1. The number of Topliss-reactive ketones (excluding diaryl/α,β-unsaturated/α-hetero) is 1. The Morgan fingerprint density at radius 1 is 1.11 bits per heavy atom. The summed E-state index contributed by atoms with van der Waals surface area (Å²) in [5, 5.41) is 11.9. The summed E-state index contributed by atoms with van der Waals surface area (Å²) in [5.74, 6) is -0.479. The monoisotopic (exact) mass is 258 g/mol. The van der Waals surface area contributed by atoms with E-state index in [2.05, 4.69) is 4.99 Å². The third kappa shape index (κ3) is 2.96. The Morgan fingerprint density at radius 3 is 2.44 bits per heavy atom. The maximum Gasteiger partial charge on any atom is 0.204 e. The van der Waals surface area contributed by atoms with Crippen LogP contribution in [-0.4, -0.2) is 12.0 Å². The van der Waals surface area contributed by atoms with Gasteiger partial charge in [-0.05, 0) is 30.3 Å². The Balaban J connectivity index is 2.17. The van der Waals surface area contributed by atoms with Crippen molar-refractivity contribution >= 4 is 29.3 Å². The summed E-state index contributed by atoms with van der Waals surface area (Å²) in [4.78, 5) is 15.6. The van der Waals surface area contributed by atoms with Crippen LogP contribution in [-0.2, 0) is 0 Å². The van der Waals surface area contributed by atoms with E-state index in [0.717, 1.165) is 6.21 Å². The smallest absolute Gasteiger partial charge is 0.204 e. The Labute approximate surface area is 109 Å². The summed E-state index contributed by atoms with van der Waals surface area (Å²) in [7, 11) is 0. The number of hydrogen-bond donors (Lipinski definition) is 0. The zero-order valence-electron chi connectivity index (χ0n) is 9.34. The molecular formula is C14H9ClNO2-. The number of benzene rings is 2. The lowest BCUT2D eigenvalue weighted by Gasteiger charge is -2.07. The summed E-state index contributed by atoms with van der Waals surface area (Å²) in [6, 6.07) is 12.8. The van der Waals surface area contributed by atoms with E-state index in [9.17, 15) is 9.90 Å². The van der Waals surface area contributed by atoms with Crippen LogP contribution in [0.25, 0.3) is 0 Å². The molecule has 4 heteroatoms. The highest BCUT2D eigenvalue weighted by Gasteiger charge is 2.01. The SMILES string of the molecule is O=C(C=Nc1ccccc1[O-])c1ccc(Cl)cc1. The second-order valence-corrected chi connectivity index (χ2v) is 4.03. The van der Waals surface area contributed by atoms with Gasteiger partial charge in [-0.3, -0.25) is 9.79 Å². The molecule has 0 aliphatic rings.